The first-order chi connectivity index (χ1) is 22.3. The number of benzene rings is 1. The Kier molecular flexibility index (Phi) is 9.56. The van der Waals surface area contributed by atoms with Crippen LogP contribution in [0.5, 0.6) is 0 Å². The molecular weight excluding hydrogens is 574 g/mol. The monoisotopic (exact) mass is 621 g/mol. The van der Waals surface area contributed by atoms with E-state index >= 15 is 0 Å². The molecule has 1 saturated heterocycles. The Hall–Kier alpha value is -4.40. The molecule has 46 heavy (non-hydrogen) atoms. The normalized spacial score (nSPS) is 18.4. The lowest BCUT2D eigenvalue weighted by molar-refractivity contribution is -0.119. The van der Waals surface area contributed by atoms with Gasteiger partial charge in [-0.25, -0.2) is 9.97 Å². The van der Waals surface area contributed by atoms with Gasteiger partial charge in [0.1, 0.15) is 11.6 Å². The van der Waals surface area contributed by atoms with Crippen LogP contribution in [0, 0.1) is 13.8 Å². The highest BCUT2D eigenvalue weighted by atomic mass is 16.1. The van der Waals surface area contributed by atoms with Crippen LogP contribution in [0.1, 0.15) is 75.6 Å². The second-order valence-electron chi connectivity index (χ2n) is 13.0. The third kappa shape index (κ3) is 6.88. The molecular formula is C37H47N7O2. The number of carbonyl (C=O) groups excluding carboxylic acids is 1. The second-order valence-corrected chi connectivity index (χ2v) is 13.0. The van der Waals surface area contributed by atoms with Crippen molar-refractivity contribution in [2.24, 2.45) is 0 Å². The number of aromatic nitrogens is 3. The molecule has 1 amide bonds. The molecule has 9 nitrogen and oxygen atoms in total. The summed E-state index contributed by atoms with van der Waals surface area (Å²) >= 11 is 0. The van der Waals surface area contributed by atoms with Crippen molar-refractivity contribution in [1.82, 2.24) is 20.3 Å². The Morgan fingerprint density at radius 3 is 2.43 bits per heavy atom. The number of aryl methyl sites for hydroxylation is 2. The van der Waals surface area contributed by atoms with Crippen LogP contribution in [-0.2, 0) is 11.3 Å². The zero-order valence-corrected chi connectivity index (χ0v) is 27.7. The molecule has 4 aromatic rings. The van der Waals surface area contributed by atoms with E-state index in [9.17, 15) is 9.59 Å². The summed E-state index contributed by atoms with van der Waals surface area (Å²) in [7, 11) is 0. The average molecular weight is 622 g/mol. The summed E-state index contributed by atoms with van der Waals surface area (Å²) in [6, 6.07) is 13.6. The molecule has 242 valence electrons. The van der Waals surface area contributed by atoms with Crippen LogP contribution in [0.3, 0.4) is 0 Å². The number of nitrogens with zero attached hydrogens (tertiary/aromatic N) is 4. The van der Waals surface area contributed by atoms with E-state index in [1.165, 1.54) is 24.9 Å². The van der Waals surface area contributed by atoms with E-state index in [2.05, 4.69) is 62.7 Å². The first-order valence-electron chi connectivity index (χ1n) is 16.9. The molecule has 0 unspecified atom stereocenters. The maximum absolute atomic E-state index is 12.8. The molecule has 0 spiro atoms. The predicted octanol–water partition coefficient (Wildman–Crippen LogP) is 6.48. The number of piperidine rings is 1. The van der Waals surface area contributed by atoms with Crippen LogP contribution in [0.25, 0.3) is 21.9 Å². The average Bonchev–Trinajstić information content (AvgIpc) is 3.05. The van der Waals surface area contributed by atoms with Crippen LogP contribution in [0.15, 0.2) is 53.6 Å². The van der Waals surface area contributed by atoms with E-state index in [0.717, 1.165) is 90.1 Å². The highest BCUT2D eigenvalue weighted by molar-refractivity contribution is 6.03. The van der Waals surface area contributed by atoms with Gasteiger partial charge in [0.05, 0.1) is 0 Å². The molecule has 1 aromatic carbocycles. The van der Waals surface area contributed by atoms with E-state index in [1.54, 1.807) is 6.92 Å². The molecule has 4 heterocycles. The highest BCUT2D eigenvalue weighted by Gasteiger charge is 2.27. The molecule has 2 fully saturated rings. The molecule has 9 heteroatoms. The summed E-state index contributed by atoms with van der Waals surface area (Å²) < 4.78 is 0. The maximum atomic E-state index is 12.8. The fourth-order valence-electron chi connectivity index (χ4n) is 7.39. The Labute approximate surface area is 271 Å². The minimum Gasteiger partial charge on any atom is -0.368 e. The molecule has 0 bridgehead atoms. The molecule has 2 aliphatic rings. The lowest BCUT2D eigenvalue weighted by atomic mass is 9.89. The van der Waals surface area contributed by atoms with Crippen molar-refractivity contribution in [2.75, 3.05) is 34.8 Å². The topological polar surface area (TPSA) is 106 Å². The standard InChI is InChI=1S/C37H47N7O2/c1-5-44(30-12-10-29(11-13-30)42-26(4)45)34-21-28(27-9-14-35(39-22-27)43-17-7-6-8-18-43)20-32-31(34)15-16-38-36(32)40-23-33-24(2)19-25(3)41-37(33)46/h9,14-16,19-22,29-30H,5-8,10-13,17-18,23H2,1-4H3,(H,38,40)(H,41,46)(H,42,45). The van der Waals surface area contributed by atoms with E-state index in [1.807, 2.05) is 32.3 Å². The van der Waals surface area contributed by atoms with Crippen molar-refractivity contribution < 1.29 is 4.79 Å². The number of amides is 1. The summed E-state index contributed by atoms with van der Waals surface area (Å²) in [5.41, 5.74) is 5.79. The molecule has 1 aliphatic carbocycles. The second kappa shape index (κ2) is 13.9. The van der Waals surface area contributed by atoms with E-state index < -0.39 is 0 Å². The number of nitrogens with one attached hydrogen (secondary N) is 3. The molecule has 6 rings (SSSR count). The number of anilines is 3. The molecule has 0 radical (unpaired) electrons. The number of rotatable bonds is 9. The molecule has 3 aromatic heterocycles. The van der Waals surface area contributed by atoms with Crippen LogP contribution in [-0.4, -0.2) is 52.6 Å². The maximum Gasteiger partial charge on any atom is 0.253 e. The molecule has 1 saturated carbocycles. The Bertz CT molecular complexity index is 1740. The summed E-state index contributed by atoms with van der Waals surface area (Å²) in [6.07, 6.45) is 11.6. The van der Waals surface area contributed by atoms with Gasteiger partial charge >= 0.3 is 0 Å². The lowest BCUT2D eigenvalue weighted by Gasteiger charge is -2.38. The quantitative estimate of drug-likeness (QED) is 0.197. The van der Waals surface area contributed by atoms with Gasteiger partial charge in [-0.3, -0.25) is 9.59 Å². The van der Waals surface area contributed by atoms with Gasteiger partial charge in [-0.1, -0.05) is 0 Å². The minimum atomic E-state index is -0.0708. The SMILES string of the molecule is CCN(c1cc(-c2ccc(N3CCCCC3)nc2)cc2c(NCc3c(C)cc(C)[nH]c3=O)nccc12)C1CCC(NC(C)=O)CC1. The number of H-pyrrole nitrogens is 1. The van der Waals surface area contributed by atoms with Gasteiger partial charge in [0.2, 0.25) is 5.91 Å². The fourth-order valence-corrected chi connectivity index (χ4v) is 7.39. The van der Waals surface area contributed by atoms with E-state index in [-0.39, 0.29) is 17.5 Å². The number of hydrogen-bond acceptors (Lipinski definition) is 7. The number of aromatic amines is 1. The first kappa shape index (κ1) is 31.6. The third-order valence-electron chi connectivity index (χ3n) is 9.74. The van der Waals surface area contributed by atoms with Gasteiger partial charge in [0.25, 0.3) is 5.56 Å². The van der Waals surface area contributed by atoms with E-state index in [4.69, 9.17) is 9.97 Å². The van der Waals surface area contributed by atoms with E-state index in [0.29, 0.717) is 18.2 Å². The molecule has 3 N–H and O–H groups in total. The Morgan fingerprint density at radius 2 is 1.76 bits per heavy atom. The van der Waals surface area contributed by atoms with Gasteiger partial charge in [0.15, 0.2) is 0 Å². The summed E-state index contributed by atoms with van der Waals surface area (Å²) in [6.45, 7) is 11.1. The van der Waals surface area contributed by atoms with Gasteiger partial charge in [-0.2, -0.15) is 0 Å². The van der Waals surface area contributed by atoms with Crippen molar-refractivity contribution in [2.45, 2.75) is 91.3 Å². The Balaban J connectivity index is 1.38. The van der Waals surface area contributed by atoms with Crippen LogP contribution in [0.2, 0.25) is 0 Å². The van der Waals surface area contributed by atoms with Crippen LogP contribution in [0.4, 0.5) is 17.3 Å². The van der Waals surface area contributed by atoms with Crippen molar-refractivity contribution in [3.63, 3.8) is 0 Å². The molecule has 1 aliphatic heterocycles. The van der Waals surface area contributed by atoms with Gasteiger partial charge in [0, 0.05) is 90.9 Å². The number of fused-ring (bicyclic) bond motifs is 1. The summed E-state index contributed by atoms with van der Waals surface area (Å²) in [5.74, 6) is 1.84. The minimum absolute atomic E-state index is 0.0461. The highest BCUT2D eigenvalue weighted by Crippen LogP contribution is 2.39. The predicted molar refractivity (Wildman–Crippen MR) is 188 cm³/mol. The number of pyridine rings is 3. The van der Waals surface area contributed by atoms with Gasteiger partial charge in [-0.15, -0.1) is 0 Å². The van der Waals surface area contributed by atoms with Crippen molar-refractivity contribution in [1.29, 1.82) is 0 Å². The van der Waals surface area contributed by atoms with Crippen molar-refractivity contribution in [3.05, 3.63) is 76.0 Å². The van der Waals surface area contributed by atoms with Crippen molar-refractivity contribution >= 4 is 34.0 Å². The largest absolute Gasteiger partial charge is 0.368 e. The molecule has 0 atom stereocenters. The number of carbonyl (C=O) groups is 1. The van der Waals surface area contributed by atoms with Crippen molar-refractivity contribution in [3.8, 4) is 11.1 Å². The van der Waals surface area contributed by atoms with Gasteiger partial charge in [-0.05, 0) is 113 Å². The summed E-state index contributed by atoms with van der Waals surface area (Å²) in [5, 5.41) is 8.78. The first-order valence-corrected chi connectivity index (χ1v) is 16.9. The summed E-state index contributed by atoms with van der Waals surface area (Å²) in [4.78, 5) is 42.1. The smallest absolute Gasteiger partial charge is 0.253 e. The zero-order valence-electron chi connectivity index (χ0n) is 27.7. The lowest BCUT2D eigenvalue weighted by Crippen LogP contribution is -2.43. The zero-order chi connectivity index (χ0) is 32.2. The van der Waals surface area contributed by atoms with Crippen LogP contribution >= 0.6 is 0 Å². The Morgan fingerprint density at radius 1 is 0.978 bits per heavy atom. The van der Waals surface area contributed by atoms with Crippen LogP contribution < -0.4 is 26.0 Å². The van der Waals surface area contributed by atoms with Gasteiger partial charge < -0.3 is 25.4 Å². The number of hydrogen-bond donors (Lipinski definition) is 3. The fraction of sp³-hybridized carbons (Fsp3) is 0.459. The third-order valence-corrected chi connectivity index (χ3v) is 9.74.